The van der Waals surface area contributed by atoms with Crippen molar-refractivity contribution in [3.8, 4) is 5.75 Å². The van der Waals surface area contributed by atoms with Crippen LogP contribution >= 0.6 is 0 Å². The molecule has 258 valence electrons. The molecule has 6 rings (SSSR count). The molecule has 5 aliphatic rings. The summed E-state index contributed by atoms with van der Waals surface area (Å²) in [7, 11) is 0. The van der Waals surface area contributed by atoms with Crippen LogP contribution in [0.4, 0.5) is 0 Å². The molecule has 4 saturated carbocycles. The van der Waals surface area contributed by atoms with E-state index in [-0.39, 0.29) is 24.1 Å². The quantitative estimate of drug-likeness (QED) is 0.157. The molecular formula is C43H62O4. The molecule has 4 nitrogen and oxygen atoms in total. The van der Waals surface area contributed by atoms with Gasteiger partial charge in [0.1, 0.15) is 11.9 Å². The third-order valence-electron chi connectivity index (χ3n) is 15.2. The molecule has 0 saturated heterocycles. The second kappa shape index (κ2) is 12.2. The van der Waals surface area contributed by atoms with Gasteiger partial charge in [-0.3, -0.25) is 0 Å². The normalized spacial score (nSPS) is 37.1. The minimum absolute atomic E-state index is 0.106. The molecule has 0 aromatic heterocycles. The Hall–Kier alpha value is -2.33. The zero-order valence-corrected chi connectivity index (χ0v) is 30.9. The summed E-state index contributed by atoms with van der Waals surface area (Å²) in [6.45, 7) is 21.9. The number of ether oxygens (including phenoxy) is 2. The standard InChI is InChI=1S/C43H62O4/c1-10-46-34-15-13-31(25-32(34)26-44)14-18-38(45)47-37-20-22-42-27-43(42)24-23-40(8)33(30(5)12-11-29(4)28(2)3)19-21-41(40,9)36(43)17-16-35(42)39(37,6)7/h13-16,18,25,30,33,36-37,44H,10-12,17,19-24,26-27H2,1-9H3/b18-14+. The van der Waals surface area contributed by atoms with Crippen molar-refractivity contribution in [3.63, 3.8) is 0 Å². The molecule has 47 heavy (non-hydrogen) atoms. The summed E-state index contributed by atoms with van der Waals surface area (Å²) in [6.07, 6.45) is 18.6. The molecule has 1 aromatic rings. The molecule has 0 radical (unpaired) electrons. The SMILES string of the molecule is CCOc1ccc(/C=C/C(=O)OC2CCC34CC35CCC3(C)C(C(C)CCC(C)=C(C)C)CCC3(C)C5CC=C4C2(C)C)cc1CO. The summed E-state index contributed by atoms with van der Waals surface area (Å²) in [4.78, 5) is 13.2. The topological polar surface area (TPSA) is 55.8 Å². The second-order valence-electron chi connectivity index (χ2n) is 17.6. The monoisotopic (exact) mass is 642 g/mol. The maximum absolute atomic E-state index is 13.2. The zero-order chi connectivity index (χ0) is 34.0. The fraction of sp³-hybridized carbons (Fsp3) is 0.698. The smallest absolute Gasteiger partial charge is 0.331 e. The van der Waals surface area contributed by atoms with E-state index in [4.69, 9.17) is 9.47 Å². The first-order chi connectivity index (χ1) is 22.2. The number of carbonyl (C=O) groups is 1. The fourth-order valence-electron chi connectivity index (χ4n) is 12.1. The van der Waals surface area contributed by atoms with Crippen LogP contribution in [-0.2, 0) is 16.1 Å². The molecule has 0 heterocycles. The third-order valence-corrected chi connectivity index (χ3v) is 15.2. The summed E-state index contributed by atoms with van der Waals surface area (Å²) in [5, 5.41) is 9.77. The summed E-state index contributed by atoms with van der Waals surface area (Å²) in [5.41, 5.74) is 7.63. The number of allylic oxidation sites excluding steroid dienone is 3. The Morgan fingerprint density at radius 3 is 2.51 bits per heavy atom. The van der Waals surface area contributed by atoms with E-state index in [2.05, 4.69) is 61.5 Å². The average Bonchev–Trinajstić information content (AvgIpc) is 3.62. The number of fused-ring (bicyclic) bond motifs is 2. The predicted molar refractivity (Wildman–Crippen MR) is 192 cm³/mol. The molecule has 5 aliphatic carbocycles. The van der Waals surface area contributed by atoms with Crippen molar-refractivity contribution < 1.29 is 19.4 Å². The van der Waals surface area contributed by atoms with E-state index in [0.717, 1.165) is 41.7 Å². The first kappa shape index (κ1) is 34.5. The van der Waals surface area contributed by atoms with Crippen molar-refractivity contribution >= 4 is 12.0 Å². The molecule has 8 unspecified atom stereocenters. The lowest BCUT2D eigenvalue weighted by Crippen LogP contribution is -2.55. The van der Waals surface area contributed by atoms with Crippen LogP contribution in [0.1, 0.15) is 138 Å². The Morgan fingerprint density at radius 1 is 1.04 bits per heavy atom. The van der Waals surface area contributed by atoms with Gasteiger partial charge in [0.25, 0.3) is 0 Å². The number of rotatable bonds is 10. The van der Waals surface area contributed by atoms with Gasteiger partial charge in [0, 0.05) is 17.1 Å². The first-order valence-corrected chi connectivity index (χ1v) is 18.8. The number of carbonyl (C=O) groups excluding carboxylic acids is 1. The van der Waals surface area contributed by atoms with Crippen LogP contribution < -0.4 is 4.74 Å². The van der Waals surface area contributed by atoms with Crippen LogP contribution in [0.25, 0.3) is 6.08 Å². The molecule has 0 aliphatic heterocycles. The fourth-order valence-corrected chi connectivity index (χ4v) is 12.1. The Labute approximate surface area is 285 Å². The number of esters is 1. The lowest BCUT2D eigenvalue weighted by Gasteiger charge is -2.61. The van der Waals surface area contributed by atoms with E-state index in [0.29, 0.717) is 34.0 Å². The molecule has 2 spiro atoms. The minimum atomic E-state index is -0.287. The number of hydrogen-bond donors (Lipinski definition) is 1. The molecule has 0 amide bonds. The van der Waals surface area contributed by atoms with E-state index in [1.54, 1.807) is 23.3 Å². The van der Waals surface area contributed by atoms with Gasteiger partial charge in [-0.15, -0.1) is 0 Å². The van der Waals surface area contributed by atoms with Gasteiger partial charge in [0.15, 0.2) is 0 Å². The van der Waals surface area contributed by atoms with E-state index in [1.807, 2.05) is 25.1 Å². The van der Waals surface area contributed by atoms with Gasteiger partial charge in [-0.1, -0.05) is 63.5 Å². The van der Waals surface area contributed by atoms with Gasteiger partial charge in [0.05, 0.1) is 13.2 Å². The predicted octanol–water partition coefficient (Wildman–Crippen LogP) is 10.6. The summed E-state index contributed by atoms with van der Waals surface area (Å²) >= 11 is 0. The molecule has 0 bridgehead atoms. The van der Waals surface area contributed by atoms with Crippen LogP contribution in [0, 0.1) is 44.8 Å². The lowest BCUT2D eigenvalue weighted by atomic mass is 9.43. The zero-order valence-electron chi connectivity index (χ0n) is 30.9. The molecular weight excluding hydrogens is 580 g/mol. The van der Waals surface area contributed by atoms with Crippen LogP contribution in [0.5, 0.6) is 5.75 Å². The average molecular weight is 643 g/mol. The highest BCUT2D eigenvalue weighted by Crippen LogP contribution is 2.88. The third kappa shape index (κ3) is 5.29. The Morgan fingerprint density at radius 2 is 1.81 bits per heavy atom. The molecule has 4 fully saturated rings. The van der Waals surface area contributed by atoms with Crippen LogP contribution in [0.15, 0.2) is 47.1 Å². The maximum Gasteiger partial charge on any atom is 0.331 e. The van der Waals surface area contributed by atoms with E-state index < -0.39 is 0 Å². The van der Waals surface area contributed by atoms with Crippen molar-refractivity contribution in [1.29, 1.82) is 0 Å². The van der Waals surface area contributed by atoms with Crippen molar-refractivity contribution in [2.45, 2.75) is 139 Å². The minimum Gasteiger partial charge on any atom is -0.494 e. The highest BCUT2D eigenvalue weighted by atomic mass is 16.5. The number of aliphatic hydroxyl groups is 1. The number of hydrogen-bond acceptors (Lipinski definition) is 4. The highest BCUT2D eigenvalue weighted by molar-refractivity contribution is 5.87. The van der Waals surface area contributed by atoms with Gasteiger partial charge in [-0.25, -0.2) is 4.79 Å². The van der Waals surface area contributed by atoms with Gasteiger partial charge < -0.3 is 14.6 Å². The highest BCUT2D eigenvalue weighted by Gasteiger charge is 2.80. The van der Waals surface area contributed by atoms with Crippen LogP contribution in [0.2, 0.25) is 0 Å². The maximum atomic E-state index is 13.2. The Bertz CT molecular complexity index is 1480. The van der Waals surface area contributed by atoms with Gasteiger partial charge in [0.2, 0.25) is 0 Å². The Kier molecular flexibility index (Phi) is 8.98. The molecule has 8 atom stereocenters. The van der Waals surface area contributed by atoms with Crippen molar-refractivity contribution in [3.05, 3.63) is 58.2 Å². The van der Waals surface area contributed by atoms with Crippen molar-refractivity contribution in [1.82, 2.24) is 0 Å². The summed E-state index contributed by atoms with van der Waals surface area (Å²) in [6, 6.07) is 5.63. The van der Waals surface area contributed by atoms with E-state index in [9.17, 15) is 9.90 Å². The van der Waals surface area contributed by atoms with E-state index in [1.165, 1.54) is 56.9 Å². The van der Waals surface area contributed by atoms with Gasteiger partial charge in [-0.2, -0.15) is 0 Å². The molecule has 1 N–H and O–H groups in total. The summed E-state index contributed by atoms with van der Waals surface area (Å²) < 4.78 is 11.9. The van der Waals surface area contributed by atoms with Gasteiger partial charge in [-0.05, 0) is 155 Å². The summed E-state index contributed by atoms with van der Waals surface area (Å²) in [5.74, 6) is 2.76. The molecule has 1 aromatic carbocycles. The van der Waals surface area contributed by atoms with E-state index >= 15 is 0 Å². The largest absolute Gasteiger partial charge is 0.494 e. The van der Waals surface area contributed by atoms with Crippen LogP contribution in [-0.4, -0.2) is 23.8 Å². The molecule has 4 heteroatoms. The Balaban J connectivity index is 1.16. The second-order valence-corrected chi connectivity index (χ2v) is 17.6. The first-order valence-electron chi connectivity index (χ1n) is 18.8. The number of aliphatic hydroxyl groups excluding tert-OH is 1. The van der Waals surface area contributed by atoms with Crippen LogP contribution in [0.3, 0.4) is 0 Å². The van der Waals surface area contributed by atoms with Crippen molar-refractivity contribution in [2.75, 3.05) is 6.61 Å². The lowest BCUT2D eigenvalue weighted by molar-refractivity contribution is -0.152. The van der Waals surface area contributed by atoms with Crippen molar-refractivity contribution in [2.24, 2.45) is 44.8 Å². The number of benzene rings is 1. The van der Waals surface area contributed by atoms with Gasteiger partial charge >= 0.3 is 5.97 Å².